The number of hydrogen-bond acceptors (Lipinski definition) is 3. The van der Waals surface area contributed by atoms with Gasteiger partial charge in [-0.25, -0.2) is 12.8 Å². The van der Waals surface area contributed by atoms with Crippen molar-refractivity contribution in [1.82, 2.24) is 4.89 Å². The van der Waals surface area contributed by atoms with E-state index in [4.69, 9.17) is 4.84 Å². The molecular formula is C14H14FNO3S. The molecule has 0 aliphatic heterocycles. The van der Waals surface area contributed by atoms with Crippen molar-refractivity contribution in [3.8, 4) is 0 Å². The van der Waals surface area contributed by atoms with Crippen molar-refractivity contribution in [2.75, 3.05) is 0 Å². The number of rotatable bonds is 5. The third kappa shape index (κ3) is 3.63. The van der Waals surface area contributed by atoms with Crippen molar-refractivity contribution in [2.45, 2.75) is 18.4 Å². The van der Waals surface area contributed by atoms with Crippen molar-refractivity contribution in [1.29, 1.82) is 0 Å². The first-order chi connectivity index (χ1) is 9.49. The Morgan fingerprint density at radius 3 is 2.50 bits per heavy atom. The molecule has 1 N–H and O–H groups in total. The van der Waals surface area contributed by atoms with Crippen LogP contribution in [0.25, 0.3) is 0 Å². The van der Waals surface area contributed by atoms with Crippen LogP contribution in [0.5, 0.6) is 0 Å². The molecule has 6 heteroatoms. The molecule has 0 amide bonds. The van der Waals surface area contributed by atoms with Crippen LogP contribution in [0.15, 0.2) is 53.4 Å². The molecule has 2 aromatic carbocycles. The Hall–Kier alpha value is -1.76. The van der Waals surface area contributed by atoms with E-state index < -0.39 is 15.8 Å². The van der Waals surface area contributed by atoms with Crippen LogP contribution < -0.4 is 4.89 Å². The fourth-order valence-electron chi connectivity index (χ4n) is 1.72. The van der Waals surface area contributed by atoms with E-state index in [1.165, 1.54) is 13.0 Å². The zero-order valence-corrected chi connectivity index (χ0v) is 11.7. The summed E-state index contributed by atoms with van der Waals surface area (Å²) in [7, 11) is -3.82. The predicted octanol–water partition coefficient (Wildman–Crippen LogP) is 2.54. The molecule has 0 radical (unpaired) electrons. The maximum absolute atomic E-state index is 13.0. The van der Waals surface area contributed by atoms with Crippen LogP contribution >= 0.6 is 0 Å². The molecule has 106 valence electrons. The Labute approximate surface area is 117 Å². The van der Waals surface area contributed by atoms with Gasteiger partial charge in [0.05, 0.1) is 11.5 Å². The molecule has 0 heterocycles. The fourth-order valence-corrected chi connectivity index (χ4v) is 2.76. The van der Waals surface area contributed by atoms with Gasteiger partial charge in [0.25, 0.3) is 10.0 Å². The van der Waals surface area contributed by atoms with Gasteiger partial charge in [0.15, 0.2) is 0 Å². The second-order valence-electron chi connectivity index (χ2n) is 4.27. The maximum atomic E-state index is 13.0. The van der Waals surface area contributed by atoms with Gasteiger partial charge < -0.3 is 0 Å². The van der Waals surface area contributed by atoms with Crippen LogP contribution in [0.3, 0.4) is 0 Å². The second kappa shape index (κ2) is 6.13. The minimum Gasteiger partial charge on any atom is -0.282 e. The van der Waals surface area contributed by atoms with E-state index in [2.05, 4.69) is 0 Å². The summed E-state index contributed by atoms with van der Waals surface area (Å²) in [6.07, 6.45) is 0. The van der Waals surface area contributed by atoms with Crippen LogP contribution in [-0.4, -0.2) is 8.42 Å². The van der Waals surface area contributed by atoms with Crippen LogP contribution in [0.2, 0.25) is 0 Å². The summed E-state index contributed by atoms with van der Waals surface area (Å²) >= 11 is 0. The van der Waals surface area contributed by atoms with Gasteiger partial charge in [0.1, 0.15) is 5.82 Å². The molecule has 0 aliphatic rings. The molecule has 0 saturated heterocycles. The number of aryl methyl sites for hydroxylation is 1. The Morgan fingerprint density at radius 2 is 1.85 bits per heavy atom. The first kappa shape index (κ1) is 14.6. The Bertz CT molecular complexity index is 687. The van der Waals surface area contributed by atoms with Gasteiger partial charge in [-0.05, 0) is 36.2 Å². The van der Waals surface area contributed by atoms with Crippen LogP contribution in [-0.2, 0) is 21.5 Å². The van der Waals surface area contributed by atoms with Crippen LogP contribution in [0.1, 0.15) is 11.1 Å². The lowest BCUT2D eigenvalue weighted by molar-refractivity contribution is 0.0795. The average molecular weight is 295 g/mol. The number of sulfonamides is 1. The van der Waals surface area contributed by atoms with E-state index in [9.17, 15) is 12.8 Å². The quantitative estimate of drug-likeness (QED) is 0.862. The smallest absolute Gasteiger partial charge is 0.262 e. The van der Waals surface area contributed by atoms with E-state index >= 15 is 0 Å². The molecule has 0 bridgehead atoms. The minimum absolute atomic E-state index is 0.00744. The molecule has 0 aromatic heterocycles. The highest BCUT2D eigenvalue weighted by atomic mass is 32.2. The SMILES string of the molecule is Cc1cc(F)ccc1S(=O)(=O)NOCc1ccccc1. The zero-order chi connectivity index (χ0) is 14.6. The fraction of sp³-hybridized carbons (Fsp3) is 0.143. The molecule has 20 heavy (non-hydrogen) atoms. The third-order valence-electron chi connectivity index (χ3n) is 2.68. The molecule has 0 spiro atoms. The number of benzene rings is 2. The van der Waals surface area contributed by atoms with E-state index in [1.54, 1.807) is 0 Å². The molecule has 2 aromatic rings. The summed E-state index contributed by atoms with van der Waals surface area (Å²) in [5.41, 5.74) is 1.16. The highest BCUT2D eigenvalue weighted by molar-refractivity contribution is 7.89. The zero-order valence-electron chi connectivity index (χ0n) is 10.8. The Morgan fingerprint density at radius 1 is 1.15 bits per heavy atom. The molecule has 2 rings (SSSR count). The summed E-state index contributed by atoms with van der Waals surface area (Å²) < 4.78 is 37.0. The first-order valence-corrected chi connectivity index (χ1v) is 7.41. The van der Waals surface area contributed by atoms with E-state index in [0.717, 1.165) is 17.7 Å². The van der Waals surface area contributed by atoms with Crippen molar-refractivity contribution in [2.24, 2.45) is 0 Å². The Kier molecular flexibility index (Phi) is 4.49. The normalized spacial score (nSPS) is 11.5. The third-order valence-corrected chi connectivity index (χ3v) is 4.05. The van der Waals surface area contributed by atoms with E-state index in [-0.39, 0.29) is 11.5 Å². The lowest BCUT2D eigenvalue weighted by Gasteiger charge is -2.09. The van der Waals surface area contributed by atoms with Gasteiger partial charge in [-0.2, -0.15) is 0 Å². The lowest BCUT2D eigenvalue weighted by Crippen LogP contribution is -2.24. The van der Waals surface area contributed by atoms with Gasteiger partial charge >= 0.3 is 0 Å². The average Bonchev–Trinajstić information content (AvgIpc) is 2.39. The maximum Gasteiger partial charge on any atom is 0.262 e. The lowest BCUT2D eigenvalue weighted by atomic mass is 10.2. The molecule has 0 fully saturated rings. The number of hydrogen-bond donors (Lipinski definition) is 1. The van der Waals surface area contributed by atoms with Crippen molar-refractivity contribution in [3.05, 3.63) is 65.5 Å². The van der Waals surface area contributed by atoms with Crippen molar-refractivity contribution >= 4 is 10.0 Å². The summed E-state index contributed by atoms with van der Waals surface area (Å²) in [6, 6.07) is 12.6. The van der Waals surface area contributed by atoms with Crippen molar-refractivity contribution < 1.29 is 17.6 Å². The Balaban J connectivity index is 2.04. The molecule has 4 nitrogen and oxygen atoms in total. The van der Waals surface area contributed by atoms with Gasteiger partial charge in [-0.15, -0.1) is 0 Å². The topological polar surface area (TPSA) is 55.4 Å². The molecule has 0 unspecified atom stereocenters. The number of nitrogens with one attached hydrogen (secondary N) is 1. The summed E-state index contributed by atoms with van der Waals surface area (Å²) in [5, 5.41) is 0. The van der Waals surface area contributed by atoms with Crippen LogP contribution in [0, 0.1) is 12.7 Å². The minimum atomic E-state index is -3.82. The highest BCUT2D eigenvalue weighted by Gasteiger charge is 2.17. The largest absolute Gasteiger partial charge is 0.282 e. The van der Waals surface area contributed by atoms with Crippen LogP contribution in [0.4, 0.5) is 4.39 Å². The second-order valence-corrected chi connectivity index (χ2v) is 5.88. The molecular weight excluding hydrogens is 281 g/mol. The monoisotopic (exact) mass is 295 g/mol. The number of halogens is 1. The molecule has 0 saturated carbocycles. The van der Waals surface area contributed by atoms with E-state index in [0.29, 0.717) is 5.56 Å². The van der Waals surface area contributed by atoms with Gasteiger partial charge in [0.2, 0.25) is 0 Å². The van der Waals surface area contributed by atoms with Crippen molar-refractivity contribution in [3.63, 3.8) is 0 Å². The van der Waals surface area contributed by atoms with Gasteiger partial charge in [-0.3, -0.25) is 4.84 Å². The molecule has 0 aliphatic carbocycles. The highest BCUT2D eigenvalue weighted by Crippen LogP contribution is 2.16. The van der Waals surface area contributed by atoms with Gasteiger partial charge in [0, 0.05) is 0 Å². The predicted molar refractivity (Wildman–Crippen MR) is 72.7 cm³/mol. The molecule has 0 atom stereocenters. The summed E-state index contributed by atoms with van der Waals surface area (Å²) in [5.74, 6) is -0.480. The first-order valence-electron chi connectivity index (χ1n) is 5.93. The summed E-state index contributed by atoms with van der Waals surface area (Å²) in [6.45, 7) is 1.63. The van der Waals surface area contributed by atoms with E-state index in [1.807, 2.05) is 35.2 Å². The summed E-state index contributed by atoms with van der Waals surface area (Å²) in [4.78, 5) is 7.02. The standard InChI is InChI=1S/C14H14FNO3S/c1-11-9-13(15)7-8-14(11)20(17,18)16-19-10-12-5-3-2-4-6-12/h2-9,16H,10H2,1H3. The van der Waals surface area contributed by atoms with Gasteiger partial charge in [-0.1, -0.05) is 35.2 Å².